The zero-order chi connectivity index (χ0) is 13.8. The van der Waals surface area contributed by atoms with Crippen LogP contribution >= 0.6 is 0 Å². The van der Waals surface area contributed by atoms with Crippen LogP contribution in [0, 0.1) is 0 Å². The lowest BCUT2D eigenvalue weighted by atomic mass is 9.89. The molecule has 0 atom stereocenters. The molecule has 0 fully saturated rings. The zero-order valence-electron chi connectivity index (χ0n) is 12.1. The number of allylic oxidation sites excluding steroid dienone is 7. The molecule has 0 aromatic carbocycles. The summed E-state index contributed by atoms with van der Waals surface area (Å²) < 4.78 is 4.94. The van der Waals surface area contributed by atoms with E-state index in [1.165, 1.54) is 53.5 Å². The Labute approximate surface area is 115 Å². The zero-order valence-corrected chi connectivity index (χ0v) is 12.1. The maximum atomic E-state index is 11.5. The van der Waals surface area contributed by atoms with Crippen LogP contribution in [-0.4, -0.2) is 12.6 Å². The van der Waals surface area contributed by atoms with Crippen LogP contribution in [0.5, 0.6) is 0 Å². The van der Waals surface area contributed by atoms with Gasteiger partial charge < -0.3 is 4.74 Å². The van der Waals surface area contributed by atoms with Gasteiger partial charge in [0.2, 0.25) is 0 Å². The van der Waals surface area contributed by atoms with Crippen molar-refractivity contribution < 1.29 is 9.53 Å². The van der Waals surface area contributed by atoms with Crippen molar-refractivity contribution in [1.82, 2.24) is 0 Å². The monoisotopic (exact) mass is 258 g/mol. The van der Waals surface area contributed by atoms with Gasteiger partial charge in [-0.1, -0.05) is 6.08 Å². The first-order valence-corrected chi connectivity index (χ1v) is 7.14. The van der Waals surface area contributed by atoms with Crippen LogP contribution in [0.15, 0.2) is 46.1 Å². The van der Waals surface area contributed by atoms with Crippen LogP contribution in [0.4, 0.5) is 0 Å². The van der Waals surface area contributed by atoms with E-state index in [0.29, 0.717) is 6.61 Å². The molecule has 2 nitrogen and oxygen atoms in total. The fraction of sp³-hybridized carbons (Fsp3) is 0.471. The fourth-order valence-electron chi connectivity index (χ4n) is 3.03. The van der Waals surface area contributed by atoms with Crippen molar-refractivity contribution in [2.75, 3.05) is 6.61 Å². The molecule has 0 heterocycles. The molecule has 2 aliphatic carbocycles. The Hall–Kier alpha value is -1.57. The summed E-state index contributed by atoms with van der Waals surface area (Å²) in [6.45, 7) is 6.49. The molecule has 102 valence electrons. The predicted molar refractivity (Wildman–Crippen MR) is 77.7 cm³/mol. The molecular formula is C17H22O2. The Morgan fingerprint density at radius 1 is 1.26 bits per heavy atom. The first kappa shape index (κ1) is 13.9. The first-order valence-electron chi connectivity index (χ1n) is 7.14. The van der Waals surface area contributed by atoms with Crippen molar-refractivity contribution in [3.05, 3.63) is 46.1 Å². The van der Waals surface area contributed by atoms with Gasteiger partial charge in [0.25, 0.3) is 0 Å². The molecule has 0 saturated heterocycles. The molecule has 2 rings (SSSR count). The molecule has 0 amide bonds. The Kier molecular flexibility index (Phi) is 4.41. The van der Waals surface area contributed by atoms with Gasteiger partial charge in [0.15, 0.2) is 0 Å². The molecular weight excluding hydrogens is 236 g/mol. The number of hydrogen-bond acceptors (Lipinski definition) is 2. The van der Waals surface area contributed by atoms with Crippen molar-refractivity contribution in [3.63, 3.8) is 0 Å². The number of ether oxygens (including phenoxy) is 1. The number of rotatable bonds is 3. The number of hydrogen-bond donors (Lipinski definition) is 0. The van der Waals surface area contributed by atoms with Gasteiger partial charge in [0, 0.05) is 6.08 Å². The molecule has 2 aliphatic rings. The highest BCUT2D eigenvalue weighted by molar-refractivity contribution is 5.83. The minimum absolute atomic E-state index is 0.261. The van der Waals surface area contributed by atoms with E-state index in [1.807, 2.05) is 13.0 Å². The maximum absolute atomic E-state index is 11.5. The summed E-state index contributed by atoms with van der Waals surface area (Å²) in [5.41, 5.74) is 6.84. The number of carbonyl (C=O) groups is 1. The maximum Gasteiger partial charge on any atom is 0.330 e. The standard InChI is InChI=1S/C17H22O2/c1-4-13-15(10-11-17(18)19-5-2)12(3)14-8-6-7-9-16(13)14/h4,10-11H,5-9H2,1-3H3/b11-10+,13-4-. The van der Waals surface area contributed by atoms with Gasteiger partial charge in [0.1, 0.15) is 0 Å². The molecule has 0 radical (unpaired) electrons. The minimum atomic E-state index is -0.261. The summed E-state index contributed by atoms with van der Waals surface area (Å²) in [6.07, 6.45) is 10.5. The molecule has 0 unspecified atom stereocenters. The first-order chi connectivity index (χ1) is 9.19. The highest BCUT2D eigenvalue weighted by atomic mass is 16.5. The third-order valence-corrected chi connectivity index (χ3v) is 3.90. The van der Waals surface area contributed by atoms with Gasteiger partial charge >= 0.3 is 5.97 Å². The van der Waals surface area contributed by atoms with Crippen molar-refractivity contribution in [3.8, 4) is 0 Å². The minimum Gasteiger partial charge on any atom is -0.463 e. The lowest BCUT2D eigenvalue weighted by Gasteiger charge is -2.15. The van der Waals surface area contributed by atoms with E-state index in [2.05, 4.69) is 19.9 Å². The Morgan fingerprint density at radius 3 is 2.58 bits per heavy atom. The van der Waals surface area contributed by atoms with Gasteiger partial charge in [-0.3, -0.25) is 0 Å². The smallest absolute Gasteiger partial charge is 0.330 e. The molecule has 0 aromatic rings. The molecule has 0 spiro atoms. The van der Waals surface area contributed by atoms with E-state index in [1.54, 1.807) is 6.08 Å². The molecule has 0 bridgehead atoms. The Bertz CT molecular complexity index is 501. The van der Waals surface area contributed by atoms with E-state index in [9.17, 15) is 4.79 Å². The normalized spacial score (nSPS) is 21.5. The SMILES string of the molecule is C/C=C1/C(/C=C/C(=O)OCC)=C(C)C2=C1CCCC2. The lowest BCUT2D eigenvalue weighted by molar-refractivity contribution is -0.137. The van der Waals surface area contributed by atoms with E-state index in [-0.39, 0.29) is 5.97 Å². The third-order valence-electron chi connectivity index (χ3n) is 3.90. The van der Waals surface area contributed by atoms with Crippen molar-refractivity contribution in [2.24, 2.45) is 0 Å². The summed E-state index contributed by atoms with van der Waals surface area (Å²) >= 11 is 0. The quantitative estimate of drug-likeness (QED) is 0.558. The third kappa shape index (κ3) is 2.73. The molecule has 2 heteroatoms. The van der Waals surface area contributed by atoms with E-state index in [0.717, 1.165) is 0 Å². The molecule has 0 N–H and O–H groups in total. The van der Waals surface area contributed by atoms with Gasteiger partial charge in [-0.2, -0.15) is 0 Å². The van der Waals surface area contributed by atoms with Crippen molar-refractivity contribution in [2.45, 2.75) is 46.5 Å². The Balaban J connectivity index is 2.26. The van der Waals surface area contributed by atoms with E-state index >= 15 is 0 Å². The topological polar surface area (TPSA) is 26.3 Å². The van der Waals surface area contributed by atoms with Gasteiger partial charge in [-0.05, 0) is 80.4 Å². The van der Waals surface area contributed by atoms with Crippen LogP contribution in [0.2, 0.25) is 0 Å². The largest absolute Gasteiger partial charge is 0.463 e. The molecule has 0 aromatic heterocycles. The number of carbonyl (C=O) groups excluding carboxylic acids is 1. The van der Waals surface area contributed by atoms with Gasteiger partial charge in [-0.25, -0.2) is 4.79 Å². The summed E-state index contributed by atoms with van der Waals surface area (Å²) in [5.74, 6) is -0.261. The van der Waals surface area contributed by atoms with Crippen LogP contribution < -0.4 is 0 Å². The average molecular weight is 258 g/mol. The molecule has 0 aliphatic heterocycles. The predicted octanol–water partition coefficient (Wildman–Crippen LogP) is 4.25. The number of esters is 1. The Morgan fingerprint density at radius 2 is 1.95 bits per heavy atom. The lowest BCUT2D eigenvalue weighted by Crippen LogP contribution is -1.99. The molecule has 19 heavy (non-hydrogen) atoms. The van der Waals surface area contributed by atoms with Crippen LogP contribution in [0.1, 0.15) is 46.5 Å². The summed E-state index contributed by atoms with van der Waals surface area (Å²) in [6, 6.07) is 0. The second-order valence-corrected chi connectivity index (χ2v) is 4.99. The fourth-order valence-corrected chi connectivity index (χ4v) is 3.03. The summed E-state index contributed by atoms with van der Waals surface area (Å²) in [4.78, 5) is 11.5. The molecule has 0 saturated carbocycles. The average Bonchev–Trinajstić information content (AvgIpc) is 2.69. The second-order valence-electron chi connectivity index (χ2n) is 4.99. The highest BCUT2D eigenvalue weighted by Crippen LogP contribution is 2.44. The van der Waals surface area contributed by atoms with E-state index in [4.69, 9.17) is 4.74 Å². The highest BCUT2D eigenvalue weighted by Gasteiger charge is 2.26. The van der Waals surface area contributed by atoms with Crippen molar-refractivity contribution in [1.29, 1.82) is 0 Å². The van der Waals surface area contributed by atoms with E-state index < -0.39 is 0 Å². The van der Waals surface area contributed by atoms with Gasteiger partial charge in [0.05, 0.1) is 6.61 Å². The van der Waals surface area contributed by atoms with Crippen LogP contribution in [0.25, 0.3) is 0 Å². The van der Waals surface area contributed by atoms with Crippen LogP contribution in [0.3, 0.4) is 0 Å². The van der Waals surface area contributed by atoms with Crippen molar-refractivity contribution >= 4 is 5.97 Å². The summed E-state index contributed by atoms with van der Waals surface area (Å²) in [7, 11) is 0. The summed E-state index contributed by atoms with van der Waals surface area (Å²) in [5, 5.41) is 0. The van der Waals surface area contributed by atoms with Gasteiger partial charge in [-0.15, -0.1) is 0 Å². The second kappa shape index (κ2) is 6.05. The van der Waals surface area contributed by atoms with Crippen LogP contribution in [-0.2, 0) is 9.53 Å².